The first-order valence-corrected chi connectivity index (χ1v) is 9.24. The van der Waals surface area contributed by atoms with E-state index in [-0.39, 0.29) is 6.03 Å². The second-order valence-corrected chi connectivity index (χ2v) is 6.44. The molecule has 0 atom stereocenters. The normalized spacial score (nSPS) is 12.2. The van der Waals surface area contributed by atoms with Crippen molar-refractivity contribution in [2.45, 2.75) is 6.54 Å². The molecule has 4 rings (SSSR count). The molecule has 3 aromatic rings. The number of anilines is 2. The number of nitrogens with zero attached hydrogens (tertiary/aromatic N) is 2. The lowest BCUT2D eigenvalue weighted by Gasteiger charge is -2.26. The summed E-state index contributed by atoms with van der Waals surface area (Å²) in [6.45, 7) is 1.35. The minimum absolute atomic E-state index is 0.279. The molecule has 0 spiro atoms. The average molecular weight is 391 g/mol. The van der Waals surface area contributed by atoms with Crippen molar-refractivity contribution in [1.82, 2.24) is 4.98 Å². The van der Waals surface area contributed by atoms with Crippen LogP contribution in [0.15, 0.2) is 67.0 Å². The van der Waals surface area contributed by atoms with Gasteiger partial charge >= 0.3 is 6.03 Å². The molecule has 148 valence electrons. The van der Waals surface area contributed by atoms with Crippen LogP contribution in [0.3, 0.4) is 0 Å². The summed E-state index contributed by atoms with van der Waals surface area (Å²) in [4.78, 5) is 18.9. The van der Waals surface area contributed by atoms with Crippen LogP contribution in [0.25, 0.3) is 0 Å². The number of hydrogen-bond donors (Lipinski definition) is 1. The number of urea groups is 1. The summed E-state index contributed by atoms with van der Waals surface area (Å²) in [5.41, 5.74) is 2.24. The van der Waals surface area contributed by atoms with Gasteiger partial charge in [0.1, 0.15) is 19.0 Å². The molecule has 0 saturated heterocycles. The smallest absolute Gasteiger partial charge is 0.326 e. The molecule has 0 fully saturated rings. The second kappa shape index (κ2) is 8.52. The topological polar surface area (TPSA) is 72.9 Å². The zero-order valence-electron chi connectivity index (χ0n) is 16.0. The number of rotatable bonds is 5. The molecule has 1 aromatic heterocycles. The Morgan fingerprint density at radius 1 is 1.10 bits per heavy atom. The van der Waals surface area contributed by atoms with Gasteiger partial charge in [-0.15, -0.1) is 0 Å². The van der Waals surface area contributed by atoms with E-state index >= 15 is 0 Å². The van der Waals surface area contributed by atoms with Gasteiger partial charge in [-0.05, 0) is 35.9 Å². The van der Waals surface area contributed by atoms with Crippen LogP contribution < -0.4 is 24.4 Å². The SMILES string of the molecule is COc1cccc(NC(=O)N(Cc2cccnc2)c2ccc3c(c2)OCCO3)c1. The summed E-state index contributed by atoms with van der Waals surface area (Å²) < 4.78 is 16.5. The molecule has 0 unspecified atom stereocenters. The van der Waals surface area contributed by atoms with Gasteiger partial charge in [0.25, 0.3) is 0 Å². The van der Waals surface area contributed by atoms with Gasteiger partial charge in [-0.2, -0.15) is 0 Å². The van der Waals surface area contributed by atoms with E-state index in [1.54, 1.807) is 30.5 Å². The Bertz CT molecular complexity index is 994. The van der Waals surface area contributed by atoms with Crippen molar-refractivity contribution in [3.63, 3.8) is 0 Å². The summed E-state index contributed by atoms with van der Waals surface area (Å²) in [7, 11) is 1.59. The molecule has 7 nitrogen and oxygen atoms in total. The molecule has 29 heavy (non-hydrogen) atoms. The highest BCUT2D eigenvalue weighted by Gasteiger charge is 2.20. The van der Waals surface area contributed by atoms with Crippen LogP contribution in [-0.4, -0.2) is 31.3 Å². The van der Waals surface area contributed by atoms with Gasteiger partial charge in [0.15, 0.2) is 11.5 Å². The first kappa shape index (κ1) is 18.6. The molecule has 2 amide bonds. The predicted molar refractivity (Wildman–Crippen MR) is 110 cm³/mol. The summed E-state index contributed by atoms with van der Waals surface area (Å²) >= 11 is 0. The fraction of sp³-hybridized carbons (Fsp3) is 0.182. The number of pyridine rings is 1. The van der Waals surface area contributed by atoms with E-state index in [1.807, 2.05) is 48.5 Å². The van der Waals surface area contributed by atoms with Crippen molar-refractivity contribution in [1.29, 1.82) is 0 Å². The third-order valence-corrected chi connectivity index (χ3v) is 4.47. The molecule has 0 saturated carbocycles. The third kappa shape index (κ3) is 4.40. The number of hydrogen-bond acceptors (Lipinski definition) is 5. The summed E-state index contributed by atoms with van der Waals surface area (Å²) in [5, 5.41) is 2.93. The molecule has 0 bridgehead atoms. The first-order valence-electron chi connectivity index (χ1n) is 9.24. The van der Waals surface area contributed by atoms with Crippen LogP contribution in [0, 0.1) is 0 Å². The number of methoxy groups -OCH3 is 1. The van der Waals surface area contributed by atoms with Crippen molar-refractivity contribution >= 4 is 17.4 Å². The van der Waals surface area contributed by atoms with E-state index in [9.17, 15) is 4.79 Å². The molecule has 1 aliphatic rings. The number of carbonyl (C=O) groups excluding carboxylic acids is 1. The van der Waals surface area contributed by atoms with Gasteiger partial charge in [-0.3, -0.25) is 9.88 Å². The molecule has 2 aromatic carbocycles. The van der Waals surface area contributed by atoms with Crippen LogP contribution in [0.1, 0.15) is 5.56 Å². The van der Waals surface area contributed by atoms with Gasteiger partial charge in [0.2, 0.25) is 0 Å². The van der Waals surface area contributed by atoms with Gasteiger partial charge in [-0.25, -0.2) is 4.79 Å². The fourth-order valence-electron chi connectivity index (χ4n) is 3.05. The summed E-state index contributed by atoms with van der Waals surface area (Å²) in [5.74, 6) is 1.97. The number of fused-ring (bicyclic) bond motifs is 1. The van der Waals surface area contributed by atoms with Crippen LogP contribution in [0.4, 0.5) is 16.2 Å². The predicted octanol–water partition coefficient (Wildman–Crippen LogP) is 4.10. The van der Waals surface area contributed by atoms with Gasteiger partial charge < -0.3 is 19.5 Å². The molecule has 0 radical (unpaired) electrons. The standard InChI is InChI=1S/C22H21N3O4/c1-27-19-6-2-5-17(12-19)24-22(26)25(15-16-4-3-9-23-14-16)18-7-8-20-21(13-18)29-11-10-28-20/h2-9,12-14H,10-11,15H2,1H3,(H,24,26). The Morgan fingerprint density at radius 3 is 2.76 bits per heavy atom. The maximum Gasteiger partial charge on any atom is 0.326 e. The summed E-state index contributed by atoms with van der Waals surface area (Å²) in [6.07, 6.45) is 3.44. The molecular formula is C22H21N3O4. The Morgan fingerprint density at radius 2 is 1.97 bits per heavy atom. The van der Waals surface area contributed by atoms with Gasteiger partial charge in [-0.1, -0.05) is 12.1 Å². The van der Waals surface area contributed by atoms with Crippen LogP contribution in [0.2, 0.25) is 0 Å². The lowest BCUT2D eigenvalue weighted by molar-refractivity contribution is 0.171. The second-order valence-electron chi connectivity index (χ2n) is 6.44. The third-order valence-electron chi connectivity index (χ3n) is 4.47. The van der Waals surface area contributed by atoms with Gasteiger partial charge in [0, 0.05) is 35.9 Å². The largest absolute Gasteiger partial charge is 0.497 e. The highest BCUT2D eigenvalue weighted by atomic mass is 16.6. The Labute approximate surface area is 168 Å². The van der Waals surface area contributed by atoms with E-state index in [4.69, 9.17) is 14.2 Å². The van der Waals surface area contributed by atoms with E-state index < -0.39 is 0 Å². The highest BCUT2D eigenvalue weighted by molar-refractivity contribution is 6.02. The Balaban J connectivity index is 1.63. The van der Waals surface area contributed by atoms with E-state index in [0.717, 1.165) is 5.56 Å². The number of benzene rings is 2. The molecule has 1 N–H and O–H groups in total. The zero-order valence-corrected chi connectivity index (χ0v) is 16.0. The number of ether oxygens (including phenoxy) is 3. The number of carbonyl (C=O) groups is 1. The molecular weight excluding hydrogens is 370 g/mol. The average Bonchev–Trinajstić information content (AvgIpc) is 2.78. The number of aromatic nitrogens is 1. The van der Waals surface area contributed by atoms with Crippen LogP contribution in [-0.2, 0) is 6.54 Å². The van der Waals surface area contributed by atoms with Crippen molar-refractivity contribution in [3.05, 3.63) is 72.6 Å². The van der Waals surface area contributed by atoms with Crippen LogP contribution >= 0.6 is 0 Å². The van der Waals surface area contributed by atoms with Crippen molar-refractivity contribution in [3.8, 4) is 17.2 Å². The highest BCUT2D eigenvalue weighted by Crippen LogP contribution is 2.34. The molecule has 0 aliphatic carbocycles. The minimum Gasteiger partial charge on any atom is -0.497 e. The maximum atomic E-state index is 13.2. The monoisotopic (exact) mass is 391 g/mol. The van der Waals surface area contributed by atoms with Crippen molar-refractivity contribution in [2.24, 2.45) is 0 Å². The maximum absolute atomic E-state index is 13.2. The first-order chi connectivity index (χ1) is 14.2. The van der Waals surface area contributed by atoms with Crippen molar-refractivity contribution in [2.75, 3.05) is 30.5 Å². The van der Waals surface area contributed by atoms with Crippen LogP contribution in [0.5, 0.6) is 17.2 Å². The Hall–Kier alpha value is -3.74. The summed E-state index contributed by atoms with van der Waals surface area (Å²) in [6, 6.07) is 16.2. The van der Waals surface area contributed by atoms with E-state index in [0.29, 0.717) is 48.4 Å². The molecule has 2 heterocycles. The molecule has 1 aliphatic heterocycles. The fourth-order valence-corrected chi connectivity index (χ4v) is 3.05. The molecule has 7 heteroatoms. The lowest BCUT2D eigenvalue weighted by Crippen LogP contribution is -2.34. The van der Waals surface area contributed by atoms with Gasteiger partial charge in [0.05, 0.1) is 13.7 Å². The van der Waals surface area contributed by atoms with Crippen molar-refractivity contribution < 1.29 is 19.0 Å². The number of nitrogens with one attached hydrogen (secondary N) is 1. The Kier molecular flexibility index (Phi) is 5.47. The zero-order chi connectivity index (χ0) is 20.1. The lowest BCUT2D eigenvalue weighted by atomic mass is 10.2. The van der Waals surface area contributed by atoms with E-state index in [2.05, 4.69) is 10.3 Å². The van der Waals surface area contributed by atoms with E-state index in [1.165, 1.54) is 0 Å². The number of amides is 2. The minimum atomic E-state index is -0.279. The quantitative estimate of drug-likeness (QED) is 0.709.